The summed E-state index contributed by atoms with van der Waals surface area (Å²) >= 11 is 1.45. The number of carbonyl (C=O) groups is 1. The molecule has 4 rings (SSSR count). The topological polar surface area (TPSA) is 63.1 Å². The van der Waals surface area contributed by atoms with Crippen LogP contribution >= 0.6 is 11.8 Å². The Kier molecular flexibility index (Phi) is 7.04. The monoisotopic (exact) mass is 435 g/mol. The molecule has 1 amide bonds. The van der Waals surface area contributed by atoms with Crippen LogP contribution in [-0.2, 0) is 17.9 Å². The van der Waals surface area contributed by atoms with Gasteiger partial charge in [0.2, 0.25) is 5.91 Å². The molecule has 0 spiro atoms. The summed E-state index contributed by atoms with van der Waals surface area (Å²) in [6, 6.07) is 18.9. The van der Waals surface area contributed by atoms with Crippen molar-refractivity contribution < 1.29 is 4.79 Å². The van der Waals surface area contributed by atoms with Crippen LogP contribution in [-0.4, -0.2) is 50.5 Å². The fourth-order valence-electron chi connectivity index (χ4n) is 4.04. The van der Waals surface area contributed by atoms with Crippen LogP contribution in [0.15, 0.2) is 59.8 Å². The Morgan fingerprint density at radius 2 is 1.90 bits per heavy atom. The van der Waals surface area contributed by atoms with E-state index in [4.69, 9.17) is 0 Å². The number of hydrogen-bond donors (Lipinski definition) is 1. The molecule has 1 N–H and O–H groups in total. The molecule has 1 fully saturated rings. The first-order valence-electron chi connectivity index (χ1n) is 10.8. The first-order chi connectivity index (χ1) is 15.1. The highest BCUT2D eigenvalue weighted by molar-refractivity contribution is 7.99. The largest absolute Gasteiger partial charge is 0.351 e. The molecule has 2 aromatic carbocycles. The maximum Gasteiger partial charge on any atom is 0.230 e. The summed E-state index contributed by atoms with van der Waals surface area (Å²) in [7, 11) is 0. The summed E-state index contributed by atoms with van der Waals surface area (Å²) in [5.41, 5.74) is 3.56. The van der Waals surface area contributed by atoms with Gasteiger partial charge in [-0.25, -0.2) is 0 Å². The molecule has 0 aliphatic carbocycles. The van der Waals surface area contributed by atoms with Gasteiger partial charge in [-0.05, 0) is 31.4 Å². The molecule has 0 bridgehead atoms. The van der Waals surface area contributed by atoms with Gasteiger partial charge in [-0.2, -0.15) is 0 Å². The predicted molar refractivity (Wildman–Crippen MR) is 125 cm³/mol. The predicted octanol–water partition coefficient (Wildman–Crippen LogP) is 3.76. The molecule has 1 aromatic heterocycles. The Morgan fingerprint density at radius 3 is 2.68 bits per heavy atom. The molecule has 1 saturated heterocycles. The van der Waals surface area contributed by atoms with E-state index in [2.05, 4.69) is 75.2 Å². The second-order valence-corrected chi connectivity index (χ2v) is 8.87. The zero-order valence-electron chi connectivity index (χ0n) is 18.1. The second kappa shape index (κ2) is 10.1. The summed E-state index contributed by atoms with van der Waals surface area (Å²) < 4.78 is 2.08. The Morgan fingerprint density at radius 1 is 1.13 bits per heavy atom. The molecule has 0 radical (unpaired) electrons. The maximum absolute atomic E-state index is 12.6. The second-order valence-electron chi connectivity index (χ2n) is 7.93. The lowest BCUT2D eigenvalue weighted by atomic mass is 10.1. The van der Waals surface area contributed by atoms with Gasteiger partial charge in [0.25, 0.3) is 0 Å². The van der Waals surface area contributed by atoms with Crippen LogP contribution in [0.3, 0.4) is 0 Å². The van der Waals surface area contributed by atoms with E-state index >= 15 is 0 Å². The van der Waals surface area contributed by atoms with Crippen molar-refractivity contribution in [1.82, 2.24) is 25.0 Å². The number of thioether (sulfide) groups is 1. The van der Waals surface area contributed by atoms with E-state index in [1.165, 1.54) is 22.9 Å². The van der Waals surface area contributed by atoms with Crippen LogP contribution in [0.4, 0.5) is 0 Å². The van der Waals surface area contributed by atoms with Gasteiger partial charge >= 0.3 is 0 Å². The number of benzene rings is 2. The molecule has 31 heavy (non-hydrogen) atoms. The third-order valence-corrected chi connectivity index (χ3v) is 6.60. The number of nitrogens with one attached hydrogen (secondary N) is 1. The quantitative estimate of drug-likeness (QED) is 0.546. The van der Waals surface area contributed by atoms with Gasteiger partial charge in [0.1, 0.15) is 0 Å². The summed E-state index contributed by atoms with van der Waals surface area (Å²) in [6.07, 6.45) is 0.992. The van der Waals surface area contributed by atoms with Crippen molar-refractivity contribution in [2.45, 2.75) is 44.6 Å². The zero-order chi connectivity index (χ0) is 21.6. The van der Waals surface area contributed by atoms with Crippen molar-refractivity contribution in [1.29, 1.82) is 0 Å². The molecule has 1 aliphatic heterocycles. The standard InChI is InChI=1S/C24H29N5OS/c1-3-29-23(21-12-8-7-9-18(21)2)26-27-24(29)31-17-22(30)25-20-13-14-28(16-20)15-19-10-5-4-6-11-19/h4-12,20H,3,13-17H2,1-2H3,(H,25,30). The van der Waals surface area contributed by atoms with Crippen molar-refractivity contribution in [2.24, 2.45) is 0 Å². The van der Waals surface area contributed by atoms with Crippen molar-refractivity contribution in [2.75, 3.05) is 18.8 Å². The number of carbonyl (C=O) groups excluding carboxylic acids is 1. The smallest absolute Gasteiger partial charge is 0.230 e. The third kappa shape index (κ3) is 5.35. The van der Waals surface area contributed by atoms with E-state index in [0.29, 0.717) is 5.75 Å². The molecular formula is C24H29N5OS. The van der Waals surface area contributed by atoms with Gasteiger partial charge in [-0.3, -0.25) is 9.69 Å². The van der Waals surface area contributed by atoms with Crippen molar-refractivity contribution in [3.8, 4) is 11.4 Å². The van der Waals surface area contributed by atoms with Gasteiger partial charge in [-0.1, -0.05) is 66.4 Å². The fraction of sp³-hybridized carbons (Fsp3) is 0.375. The number of nitrogens with zero attached hydrogens (tertiary/aromatic N) is 4. The first-order valence-corrected chi connectivity index (χ1v) is 11.8. The Hall–Kier alpha value is -2.64. The lowest BCUT2D eigenvalue weighted by Crippen LogP contribution is -2.38. The van der Waals surface area contributed by atoms with Crippen LogP contribution in [0.2, 0.25) is 0 Å². The highest BCUT2D eigenvalue weighted by atomic mass is 32.2. The molecule has 162 valence electrons. The molecule has 7 heteroatoms. The van der Waals surface area contributed by atoms with Gasteiger partial charge in [0.05, 0.1) is 5.75 Å². The summed E-state index contributed by atoms with van der Waals surface area (Å²) in [4.78, 5) is 15.0. The van der Waals surface area contributed by atoms with Crippen molar-refractivity contribution in [3.63, 3.8) is 0 Å². The highest BCUT2D eigenvalue weighted by Crippen LogP contribution is 2.26. The molecule has 1 aliphatic rings. The van der Waals surface area contributed by atoms with Crippen LogP contribution in [0.1, 0.15) is 24.5 Å². The Balaban J connectivity index is 1.30. The van der Waals surface area contributed by atoms with E-state index in [0.717, 1.165) is 49.1 Å². The Bertz CT molecular complexity index is 1020. The average molecular weight is 436 g/mol. The van der Waals surface area contributed by atoms with Gasteiger partial charge in [0.15, 0.2) is 11.0 Å². The van der Waals surface area contributed by atoms with E-state index in [9.17, 15) is 4.79 Å². The number of aryl methyl sites for hydroxylation is 1. The van der Waals surface area contributed by atoms with Gasteiger partial charge in [0, 0.05) is 37.8 Å². The van der Waals surface area contributed by atoms with Crippen LogP contribution in [0.5, 0.6) is 0 Å². The third-order valence-electron chi connectivity index (χ3n) is 5.64. The van der Waals surface area contributed by atoms with Crippen LogP contribution in [0, 0.1) is 6.92 Å². The number of amides is 1. The minimum atomic E-state index is 0.0552. The lowest BCUT2D eigenvalue weighted by Gasteiger charge is -2.16. The molecule has 2 heterocycles. The van der Waals surface area contributed by atoms with E-state index in [-0.39, 0.29) is 11.9 Å². The fourth-order valence-corrected chi connectivity index (χ4v) is 4.85. The number of aromatic nitrogens is 3. The molecule has 1 atom stereocenters. The lowest BCUT2D eigenvalue weighted by molar-refractivity contribution is -0.119. The average Bonchev–Trinajstić information content (AvgIpc) is 3.39. The van der Waals surface area contributed by atoms with E-state index in [1.807, 2.05) is 18.2 Å². The van der Waals surface area contributed by atoms with Crippen molar-refractivity contribution in [3.05, 3.63) is 65.7 Å². The minimum absolute atomic E-state index is 0.0552. The molecule has 0 saturated carbocycles. The summed E-state index contributed by atoms with van der Waals surface area (Å²) in [5.74, 6) is 1.26. The van der Waals surface area contributed by atoms with Crippen LogP contribution in [0.25, 0.3) is 11.4 Å². The van der Waals surface area contributed by atoms with E-state index < -0.39 is 0 Å². The Labute approximate surface area is 188 Å². The molecular weight excluding hydrogens is 406 g/mol. The maximum atomic E-state index is 12.6. The number of hydrogen-bond acceptors (Lipinski definition) is 5. The van der Waals surface area contributed by atoms with E-state index in [1.54, 1.807) is 0 Å². The summed E-state index contributed by atoms with van der Waals surface area (Å²) in [5, 5.41) is 12.7. The van der Waals surface area contributed by atoms with Gasteiger partial charge in [-0.15, -0.1) is 10.2 Å². The molecule has 3 aromatic rings. The van der Waals surface area contributed by atoms with Gasteiger partial charge < -0.3 is 9.88 Å². The number of rotatable bonds is 8. The zero-order valence-corrected chi connectivity index (χ0v) is 18.9. The first kappa shape index (κ1) is 21.6. The molecule has 1 unspecified atom stereocenters. The van der Waals surface area contributed by atoms with Crippen molar-refractivity contribution >= 4 is 17.7 Å². The minimum Gasteiger partial charge on any atom is -0.351 e. The number of likely N-dealkylation sites (tertiary alicyclic amines) is 1. The summed E-state index contributed by atoms with van der Waals surface area (Å²) in [6.45, 7) is 7.76. The van der Waals surface area contributed by atoms with Crippen LogP contribution < -0.4 is 5.32 Å². The SMILES string of the molecule is CCn1c(SCC(=O)NC2CCN(Cc3ccccc3)C2)nnc1-c1ccccc1C. The highest BCUT2D eigenvalue weighted by Gasteiger charge is 2.24. The normalized spacial score (nSPS) is 16.5. The molecule has 6 nitrogen and oxygen atoms in total.